The smallest absolute Gasteiger partial charge is 0.159 e. The minimum absolute atomic E-state index is 0.0453. The summed E-state index contributed by atoms with van der Waals surface area (Å²) in [4.78, 5) is 0. The third kappa shape index (κ3) is 3.35. The van der Waals surface area contributed by atoms with E-state index in [0.717, 1.165) is 12.1 Å². The predicted molar refractivity (Wildman–Crippen MR) is 79.6 cm³/mol. The summed E-state index contributed by atoms with van der Waals surface area (Å²) in [6, 6.07) is 8.12. The van der Waals surface area contributed by atoms with Gasteiger partial charge in [-0.15, -0.1) is 0 Å². The van der Waals surface area contributed by atoms with Crippen LogP contribution in [0.4, 0.5) is 8.78 Å². The number of aliphatic hydroxyl groups excluding tert-OH is 1. The van der Waals surface area contributed by atoms with Crippen LogP contribution in [0.1, 0.15) is 23.1 Å². The van der Waals surface area contributed by atoms with Gasteiger partial charge in [-0.1, -0.05) is 35.3 Å². The molecule has 0 saturated carbocycles. The molecule has 21 heavy (non-hydrogen) atoms. The molecule has 0 heterocycles. The molecular weight excluding hydrogens is 319 g/mol. The van der Waals surface area contributed by atoms with Crippen molar-refractivity contribution in [1.82, 2.24) is 0 Å². The highest BCUT2D eigenvalue weighted by Crippen LogP contribution is 2.38. The van der Waals surface area contributed by atoms with Crippen LogP contribution in [0.2, 0.25) is 10.0 Å². The second kappa shape index (κ2) is 6.71. The molecule has 0 saturated heterocycles. The van der Waals surface area contributed by atoms with Crippen molar-refractivity contribution in [2.24, 2.45) is 5.73 Å². The Morgan fingerprint density at radius 2 is 1.67 bits per heavy atom. The zero-order chi connectivity index (χ0) is 15.6. The lowest BCUT2D eigenvalue weighted by Gasteiger charge is -2.24. The van der Waals surface area contributed by atoms with E-state index in [9.17, 15) is 13.9 Å². The SMILES string of the molecule is NCC(c1c(Cl)cccc1Cl)C(O)c1ccc(F)c(F)c1. The van der Waals surface area contributed by atoms with Gasteiger partial charge < -0.3 is 10.8 Å². The molecule has 0 aliphatic rings. The van der Waals surface area contributed by atoms with Gasteiger partial charge in [-0.25, -0.2) is 8.78 Å². The van der Waals surface area contributed by atoms with E-state index in [1.165, 1.54) is 6.07 Å². The first-order chi connectivity index (χ1) is 9.95. The summed E-state index contributed by atoms with van der Waals surface area (Å²) in [5.41, 5.74) is 6.40. The van der Waals surface area contributed by atoms with Gasteiger partial charge >= 0.3 is 0 Å². The Kier molecular flexibility index (Phi) is 5.17. The molecule has 0 bridgehead atoms. The largest absolute Gasteiger partial charge is 0.388 e. The quantitative estimate of drug-likeness (QED) is 0.887. The van der Waals surface area contributed by atoms with Crippen molar-refractivity contribution >= 4 is 23.2 Å². The van der Waals surface area contributed by atoms with E-state index in [1.54, 1.807) is 18.2 Å². The van der Waals surface area contributed by atoms with Crippen molar-refractivity contribution in [2.45, 2.75) is 12.0 Å². The van der Waals surface area contributed by atoms with Crippen LogP contribution in [0.15, 0.2) is 36.4 Å². The Hall–Kier alpha value is -1.20. The maximum absolute atomic E-state index is 13.3. The summed E-state index contributed by atoms with van der Waals surface area (Å²) in [6.45, 7) is 0.0453. The molecule has 2 atom stereocenters. The van der Waals surface area contributed by atoms with Crippen LogP contribution in [0.5, 0.6) is 0 Å². The molecule has 0 aliphatic carbocycles. The minimum Gasteiger partial charge on any atom is -0.388 e. The summed E-state index contributed by atoms with van der Waals surface area (Å²) in [5, 5.41) is 11.1. The van der Waals surface area contributed by atoms with Crippen molar-refractivity contribution in [3.63, 3.8) is 0 Å². The standard InChI is InChI=1S/C15H13Cl2F2NO/c16-10-2-1-3-11(17)14(10)9(7-20)15(21)8-4-5-12(18)13(19)6-8/h1-6,9,15,21H,7,20H2. The molecular formula is C15H13Cl2F2NO. The number of nitrogens with two attached hydrogens (primary N) is 1. The topological polar surface area (TPSA) is 46.2 Å². The molecule has 2 nitrogen and oxygen atoms in total. The molecule has 0 fully saturated rings. The highest BCUT2D eigenvalue weighted by Gasteiger charge is 2.26. The van der Waals surface area contributed by atoms with Gasteiger partial charge in [0, 0.05) is 22.5 Å². The third-order valence-corrected chi connectivity index (χ3v) is 3.95. The van der Waals surface area contributed by atoms with Gasteiger partial charge in [-0.3, -0.25) is 0 Å². The van der Waals surface area contributed by atoms with Gasteiger partial charge in [-0.2, -0.15) is 0 Å². The fourth-order valence-corrected chi connectivity index (χ4v) is 2.88. The fraction of sp³-hybridized carbons (Fsp3) is 0.200. The van der Waals surface area contributed by atoms with Gasteiger partial charge in [0.05, 0.1) is 6.10 Å². The van der Waals surface area contributed by atoms with Crippen LogP contribution in [-0.4, -0.2) is 11.7 Å². The van der Waals surface area contributed by atoms with Crippen LogP contribution >= 0.6 is 23.2 Å². The maximum Gasteiger partial charge on any atom is 0.159 e. The highest BCUT2D eigenvalue weighted by molar-refractivity contribution is 6.36. The lowest BCUT2D eigenvalue weighted by Crippen LogP contribution is -2.21. The molecule has 2 aromatic rings. The number of rotatable bonds is 4. The van der Waals surface area contributed by atoms with Crippen LogP contribution in [-0.2, 0) is 0 Å². The van der Waals surface area contributed by atoms with Crippen LogP contribution < -0.4 is 5.73 Å². The molecule has 2 unspecified atom stereocenters. The summed E-state index contributed by atoms with van der Waals surface area (Å²) >= 11 is 12.2. The second-order valence-electron chi connectivity index (χ2n) is 4.60. The average Bonchev–Trinajstić information content (AvgIpc) is 2.45. The van der Waals surface area contributed by atoms with E-state index < -0.39 is 23.7 Å². The monoisotopic (exact) mass is 331 g/mol. The summed E-state index contributed by atoms with van der Waals surface area (Å²) in [5.74, 6) is -2.64. The van der Waals surface area contributed by atoms with E-state index in [2.05, 4.69) is 0 Å². The molecule has 3 N–H and O–H groups in total. The van der Waals surface area contributed by atoms with Crippen molar-refractivity contribution in [3.8, 4) is 0 Å². The normalized spacial score (nSPS) is 14.0. The van der Waals surface area contributed by atoms with E-state index in [-0.39, 0.29) is 12.1 Å². The van der Waals surface area contributed by atoms with Crippen molar-refractivity contribution in [3.05, 3.63) is 69.2 Å². The third-order valence-electron chi connectivity index (χ3n) is 3.29. The van der Waals surface area contributed by atoms with Gasteiger partial charge in [-0.05, 0) is 35.4 Å². The Bertz CT molecular complexity index is 631. The first-order valence-electron chi connectivity index (χ1n) is 6.22. The first-order valence-corrected chi connectivity index (χ1v) is 6.98. The van der Waals surface area contributed by atoms with Crippen molar-refractivity contribution in [2.75, 3.05) is 6.54 Å². The maximum atomic E-state index is 13.3. The zero-order valence-electron chi connectivity index (χ0n) is 10.9. The first kappa shape index (κ1) is 16.2. The van der Waals surface area contributed by atoms with Crippen molar-refractivity contribution in [1.29, 1.82) is 0 Å². The predicted octanol–water partition coefficient (Wildman–Crippen LogP) is 4.05. The van der Waals surface area contributed by atoms with E-state index >= 15 is 0 Å². The number of halogens is 4. The van der Waals surface area contributed by atoms with Crippen LogP contribution in [0, 0.1) is 11.6 Å². The number of benzene rings is 2. The molecule has 2 rings (SSSR count). The zero-order valence-corrected chi connectivity index (χ0v) is 12.4. The number of aliphatic hydroxyl groups is 1. The number of hydrogen-bond donors (Lipinski definition) is 2. The minimum atomic E-state index is -1.15. The van der Waals surface area contributed by atoms with Gasteiger partial charge in [0.2, 0.25) is 0 Å². The molecule has 112 valence electrons. The Morgan fingerprint density at radius 1 is 1.05 bits per heavy atom. The molecule has 0 radical (unpaired) electrons. The number of hydrogen-bond acceptors (Lipinski definition) is 2. The van der Waals surface area contributed by atoms with Crippen LogP contribution in [0.25, 0.3) is 0 Å². The molecule has 0 aliphatic heterocycles. The van der Waals surface area contributed by atoms with Gasteiger partial charge in [0.15, 0.2) is 11.6 Å². The fourth-order valence-electron chi connectivity index (χ4n) is 2.20. The van der Waals surface area contributed by atoms with Gasteiger partial charge in [0.1, 0.15) is 0 Å². The van der Waals surface area contributed by atoms with Gasteiger partial charge in [0.25, 0.3) is 0 Å². The van der Waals surface area contributed by atoms with Crippen molar-refractivity contribution < 1.29 is 13.9 Å². The Balaban J connectivity index is 2.43. The lowest BCUT2D eigenvalue weighted by atomic mass is 9.89. The Labute approximate surface area is 131 Å². The molecule has 2 aromatic carbocycles. The van der Waals surface area contributed by atoms with E-state index in [0.29, 0.717) is 15.6 Å². The summed E-state index contributed by atoms with van der Waals surface area (Å²) in [6.07, 6.45) is -1.15. The highest BCUT2D eigenvalue weighted by atomic mass is 35.5. The molecule has 6 heteroatoms. The second-order valence-corrected chi connectivity index (χ2v) is 5.41. The van der Waals surface area contributed by atoms with E-state index in [1.807, 2.05) is 0 Å². The summed E-state index contributed by atoms with van der Waals surface area (Å²) < 4.78 is 26.3. The summed E-state index contributed by atoms with van der Waals surface area (Å²) in [7, 11) is 0. The molecule has 0 aromatic heterocycles. The Morgan fingerprint density at radius 3 is 2.19 bits per heavy atom. The average molecular weight is 332 g/mol. The molecule has 0 amide bonds. The van der Waals surface area contributed by atoms with Crippen LogP contribution in [0.3, 0.4) is 0 Å². The lowest BCUT2D eigenvalue weighted by molar-refractivity contribution is 0.147. The van der Waals surface area contributed by atoms with E-state index in [4.69, 9.17) is 28.9 Å². The molecule has 0 spiro atoms.